The quantitative estimate of drug-likeness (QED) is 0.405. The zero-order valence-corrected chi connectivity index (χ0v) is 22.2. The summed E-state index contributed by atoms with van der Waals surface area (Å²) < 4.78 is 9.85. The standard InChI is InChI=1S/C26H24INO2.HI/c1-26(2)21-14-19(27)9-11-22(21)28(3)24(26)12-8-16-5-4-6-18-13-17-7-10-20(29)15-23(17)30-25(16)18;/h7-15H,4-6H2,1-3H3;1H. The van der Waals surface area contributed by atoms with Crippen LogP contribution in [0, 0.1) is 3.57 Å². The first kappa shape index (κ1) is 22.6. The van der Waals surface area contributed by atoms with Crippen LogP contribution in [0.4, 0.5) is 5.69 Å². The molecule has 160 valence electrons. The lowest BCUT2D eigenvalue weighted by molar-refractivity contribution is -0.401. The van der Waals surface area contributed by atoms with E-state index in [2.05, 4.69) is 84.5 Å². The van der Waals surface area contributed by atoms with E-state index >= 15 is 0 Å². The predicted octanol–water partition coefficient (Wildman–Crippen LogP) is 3.48. The van der Waals surface area contributed by atoms with E-state index < -0.39 is 0 Å². The first-order valence-corrected chi connectivity index (χ1v) is 11.5. The molecular formula is C26H25I2NO2. The van der Waals surface area contributed by atoms with Crippen molar-refractivity contribution in [2.45, 2.75) is 38.5 Å². The molecule has 5 rings (SSSR count). The van der Waals surface area contributed by atoms with Crippen LogP contribution in [0.25, 0.3) is 6.08 Å². The number of rotatable bonds is 2. The molecule has 1 N–H and O–H groups in total. The van der Waals surface area contributed by atoms with Gasteiger partial charge in [0.1, 0.15) is 24.3 Å². The van der Waals surface area contributed by atoms with Crippen LogP contribution < -0.4 is 28.7 Å². The van der Waals surface area contributed by atoms with Crippen molar-refractivity contribution in [3.63, 3.8) is 0 Å². The Morgan fingerprint density at radius 3 is 2.71 bits per heavy atom. The van der Waals surface area contributed by atoms with E-state index in [0.29, 0.717) is 0 Å². The number of phenols is 1. The van der Waals surface area contributed by atoms with Gasteiger partial charge in [0.2, 0.25) is 5.69 Å². The molecule has 2 aliphatic heterocycles. The summed E-state index contributed by atoms with van der Waals surface area (Å²) in [5.41, 5.74) is 7.40. The van der Waals surface area contributed by atoms with Crippen LogP contribution in [0.2, 0.25) is 0 Å². The van der Waals surface area contributed by atoms with E-state index in [1.807, 2.05) is 6.07 Å². The Kier molecular flexibility index (Phi) is 6.11. The van der Waals surface area contributed by atoms with Crippen LogP contribution in [0.5, 0.6) is 11.5 Å². The molecule has 3 nitrogen and oxygen atoms in total. The minimum atomic E-state index is -0.0495. The van der Waals surface area contributed by atoms with E-state index in [4.69, 9.17) is 4.74 Å². The summed E-state index contributed by atoms with van der Waals surface area (Å²) in [7, 11) is 2.15. The normalized spacial score (nSPS) is 18.8. The number of nitrogens with zero attached hydrogens (tertiary/aromatic N) is 1. The van der Waals surface area contributed by atoms with Crippen LogP contribution in [0.1, 0.15) is 44.2 Å². The highest BCUT2D eigenvalue weighted by molar-refractivity contribution is 14.1. The van der Waals surface area contributed by atoms with Gasteiger partial charge in [-0.05, 0) is 103 Å². The van der Waals surface area contributed by atoms with Gasteiger partial charge in [0.25, 0.3) is 0 Å². The molecule has 1 aliphatic carbocycles. The maximum absolute atomic E-state index is 9.85. The predicted molar refractivity (Wildman–Crippen MR) is 130 cm³/mol. The van der Waals surface area contributed by atoms with Crippen LogP contribution in [0.15, 0.2) is 65.5 Å². The highest BCUT2D eigenvalue weighted by atomic mass is 127. The molecule has 2 heterocycles. The van der Waals surface area contributed by atoms with Crippen molar-refractivity contribution in [2.75, 3.05) is 7.05 Å². The first-order valence-electron chi connectivity index (χ1n) is 10.4. The average Bonchev–Trinajstić information content (AvgIpc) is 2.90. The SMILES string of the molecule is C[N+]1=C(C=CC2=C3Oc4cc(O)ccc4C=C3CCC2)C(C)(C)c2cc(I)ccc21.[I-]. The summed E-state index contributed by atoms with van der Waals surface area (Å²) in [5.74, 6) is 1.92. The van der Waals surface area contributed by atoms with Gasteiger partial charge in [0, 0.05) is 32.9 Å². The highest BCUT2D eigenvalue weighted by Gasteiger charge is 2.43. The molecule has 0 radical (unpaired) electrons. The van der Waals surface area contributed by atoms with E-state index in [1.54, 1.807) is 12.1 Å². The molecule has 0 amide bonds. The second-order valence-corrected chi connectivity index (χ2v) is 10.0. The molecule has 2 aromatic carbocycles. The van der Waals surface area contributed by atoms with Gasteiger partial charge in [0.15, 0.2) is 5.71 Å². The fraction of sp³-hybridized carbons (Fsp3) is 0.269. The zero-order valence-electron chi connectivity index (χ0n) is 17.9. The molecule has 0 atom stereocenters. The molecule has 0 aromatic heterocycles. The molecule has 0 bridgehead atoms. The Morgan fingerprint density at radius 1 is 1.10 bits per heavy atom. The molecule has 0 unspecified atom stereocenters. The number of ether oxygens (including phenoxy) is 1. The van der Waals surface area contributed by atoms with Gasteiger partial charge in [0.05, 0.1) is 5.41 Å². The second kappa shape index (κ2) is 8.39. The molecule has 31 heavy (non-hydrogen) atoms. The molecule has 0 saturated heterocycles. The van der Waals surface area contributed by atoms with Crippen molar-refractivity contribution < 1.29 is 38.4 Å². The summed E-state index contributed by atoms with van der Waals surface area (Å²) in [6, 6.07) is 12.0. The third kappa shape index (κ3) is 3.88. The Morgan fingerprint density at radius 2 is 1.90 bits per heavy atom. The summed E-state index contributed by atoms with van der Waals surface area (Å²) in [6.45, 7) is 4.59. The highest BCUT2D eigenvalue weighted by Crippen LogP contribution is 2.42. The number of hydrogen-bond donors (Lipinski definition) is 1. The average molecular weight is 637 g/mol. The number of allylic oxidation sites excluding steroid dienone is 4. The molecule has 2 aromatic rings. The summed E-state index contributed by atoms with van der Waals surface area (Å²) >= 11 is 2.39. The topological polar surface area (TPSA) is 32.5 Å². The molecule has 3 aliphatic rings. The van der Waals surface area contributed by atoms with Crippen molar-refractivity contribution in [3.8, 4) is 11.5 Å². The van der Waals surface area contributed by atoms with Crippen molar-refractivity contribution in [3.05, 3.63) is 80.2 Å². The smallest absolute Gasteiger partial charge is 0.209 e. The maximum atomic E-state index is 9.85. The minimum Gasteiger partial charge on any atom is -1.00 e. The van der Waals surface area contributed by atoms with Gasteiger partial charge in [-0.25, -0.2) is 0 Å². The monoisotopic (exact) mass is 637 g/mol. The largest absolute Gasteiger partial charge is 1.00 e. The van der Waals surface area contributed by atoms with Crippen LogP contribution in [-0.2, 0) is 5.41 Å². The summed E-state index contributed by atoms with van der Waals surface area (Å²) in [5, 5.41) is 9.85. The fourth-order valence-electron chi connectivity index (χ4n) is 4.85. The van der Waals surface area contributed by atoms with Gasteiger partial charge in [-0.1, -0.05) is 0 Å². The Bertz CT molecular complexity index is 1200. The van der Waals surface area contributed by atoms with Crippen LogP contribution in [0.3, 0.4) is 0 Å². The molecular weight excluding hydrogens is 612 g/mol. The summed E-state index contributed by atoms with van der Waals surface area (Å²) in [4.78, 5) is 0. The van der Waals surface area contributed by atoms with Crippen molar-refractivity contribution in [2.24, 2.45) is 0 Å². The summed E-state index contributed by atoms with van der Waals surface area (Å²) in [6.07, 6.45) is 9.86. The van der Waals surface area contributed by atoms with Crippen molar-refractivity contribution in [1.29, 1.82) is 0 Å². The number of halogens is 2. The number of benzene rings is 2. The molecule has 0 spiro atoms. The third-order valence-electron chi connectivity index (χ3n) is 6.45. The van der Waals surface area contributed by atoms with Crippen LogP contribution >= 0.6 is 22.6 Å². The van der Waals surface area contributed by atoms with Gasteiger partial charge in [-0.3, -0.25) is 0 Å². The lowest BCUT2D eigenvalue weighted by Crippen LogP contribution is -3.00. The number of aromatic hydroxyl groups is 1. The van der Waals surface area contributed by atoms with Gasteiger partial charge >= 0.3 is 0 Å². The van der Waals surface area contributed by atoms with E-state index in [-0.39, 0.29) is 35.1 Å². The molecule has 5 heteroatoms. The Balaban J connectivity index is 0.00000231. The maximum Gasteiger partial charge on any atom is 0.209 e. The van der Waals surface area contributed by atoms with E-state index in [9.17, 15) is 5.11 Å². The van der Waals surface area contributed by atoms with Crippen molar-refractivity contribution >= 4 is 40.1 Å². The lowest BCUT2D eigenvalue weighted by Gasteiger charge is -2.26. The zero-order chi connectivity index (χ0) is 21.0. The lowest BCUT2D eigenvalue weighted by atomic mass is 9.81. The Labute approximate surface area is 214 Å². The first-order chi connectivity index (χ1) is 14.3. The van der Waals surface area contributed by atoms with Gasteiger partial charge in [-0.2, -0.15) is 4.58 Å². The van der Waals surface area contributed by atoms with Crippen LogP contribution in [-0.4, -0.2) is 22.4 Å². The van der Waals surface area contributed by atoms with E-state index in [1.165, 1.54) is 31.7 Å². The second-order valence-electron chi connectivity index (χ2n) is 8.77. The number of phenolic OH excluding ortho intramolecular Hbond substituents is 1. The molecule has 0 fully saturated rings. The Hall–Kier alpha value is -1.61. The minimum absolute atomic E-state index is 0. The van der Waals surface area contributed by atoms with Crippen molar-refractivity contribution in [1.82, 2.24) is 0 Å². The van der Waals surface area contributed by atoms with Gasteiger partial charge < -0.3 is 33.8 Å². The number of hydrogen-bond acceptors (Lipinski definition) is 2. The van der Waals surface area contributed by atoms with Gasteiger partial charge in [-0.15, -0.1) is 0 Å². The van der Waals surface area contributed by atoms with E-state index in [0.717, 1.165) is 36.3 Å². The molecule has 0 saturated carbocycles. The fourth-order valence-corrected chi connectivity index (χ4v) is 5.34. The number of fused-ring (bicyclic) bond motifs is 3. The third-order valence-corrected chi connectivity index (χ3v) is 7.12.